The van der Waals surface area contributed by atoms with E-state index in [1.807, 2.05) is 6.92 Å². The molecule has 0 fully saturated rings. The zero-order valence-electron chi connectivity index (χ0n) is 9.68. The Hall–Kier alpha value is -0.120. The van der Waals surface area contributed by atoms with Crippen molar-refractivity contribution in [2.24, 2.45) is 0 Å². The monoisotopic (exact) mass is 203 g/mol. The zero-order chi connectivity index (χ0) is 10.5. The summed E-state index contributed by atoms with van der Waals surface area (Å²) in [5.41, 5.74) is 0. The van der Waals surface area contributed by atoms with Gasteiger partial charge in [0.2, 0.25) is 0 Å². The summed E-state index contributed by atoms with van der Waals surface area (Å²) in [4.78, 5) is 0. The van der Waals surface area contributed by atoms with E-state index in [-0.39, 0.29) is 0 Å². The van der Waals surface area contributed by atoms with E-state index in [1.54, 1.807) is 0 Å². The van der Waals surface area contributed by atoms with Crippen LogP contribution in [-0.2, 0) is 9.47 Å². The van der Waals surface area contributed by atoms with Gasteiger partial charge in [0.15, 0.2) is 0 Å². The standard InChI is InChI=1S/C11H25NO2/c1-3-9-14-11-6-8-12-7-5-10-13-4-2/h12H,3-11H2,1-2H3. The summed E-state index contributed by atoms with van der Waals surface area (Å²) < 4.78 is 10.6. The highest BCUT2D eigenvalue weighted by Crippen LogP contribution is 1.85. The van der Waals surface area contributed by atoms with Crippen LogP contribution < -0.4 is 5.32 Å². The normalized spacial score (nSPS) is 10.7. The molecule has 0 aromatic heterocycles. The minimum absolute atomic E-state index is 0.824. The second-order valence-electron chi connectivity index (χ2n) is 3.27. The van der Waals surface area contributed by atoms with Crippen LogP contribution in [0.3, 0.4) is 0 Å². The molecule has 0 bridgehead atoms. The molecule has 0 unspecified atom stereocenters. The summed E-state index contributed by atoms with van der Waals surface area (Å²) >= 11 is 0. The average Bonchev–Trinajstić information content (AvgIpc) is 2.21. The first-order chi connectivity index (χ1) is 6.91. The molecule has 3 heteroatoms. The minimum atomic E-state index is 0.824. The lowest BCUT2D eigenvalue weighted by Gasteiger charge is -2.05. The molecule has 0 rings (SSSR count). The largest absolute Gasteiger partial charge is 0.382 e. The molecule has 0 amide bonds. The fourth-order valence-corrected chi connectivity index (χ4v) is 1.11. The lowest BCUT2D eigenvalue weighted by molar-refractivity contribution is 0.131. The number of rotatable bonds is 11. The first-order valence-corrected chi connectivity index (χ1v) is 5.78. The maximum absolute atomic E-state index is 5.36. The molecule has 0 aromatic rings. The van der Waals surface area contributed by atoms with Crippen LogP contribution in [0.15, 0.2) is 0 Å². The van der Waals surface area contributed by atoms with Crippen LogP contribution in [0.4, 0.5) is 0 Å². The maximum Gasteiger partial charge on any atom is 0.0478 e. The van der Waals surface area contributed by atoms with Crippen molar-refractivity contribution in [1.29, 1.82) is 0 Å². The molecule has 0 saturated heterocycles. The van der Waals surface area contributed by atoms with Crippen molar-refractivity contribution < 1.29 is 9.47 Å². The first kappa shape index (κ1) is 13.9. The van der Waals surface area contributed by atoms with E-state index in [2.05, 4.69) is 12.2 Å². The second-order valence-corrected chi connectivity index (χ2v) is 3.27. The average molecular weight is 203 g/mol. The van der Waals surface area contributed by atoms with E-state index < -0.39 is 0 Å². The van der Waals surface area contributed by atoms with Crippen molar-refractivity contribution in [3.8, 4) is 0 Å². The summed E-state index contributed by atoms with van der Waals surface area (Å²) in [7, 11) is 0. The lowest BCUT2D eigenvalue weighted by Crippen LogP contribution is -2.19. The van der Waals surface area contributed by atoms with Gasteiger partial charge in [-0.25, -0.2) is 0 Å². The van der Waals surface area contributed by atoms with Gasteiger partial charge in [0, 0.05) is 26.4 Å². The Balaban J connectivity index is 2.78. The Labute approximate surface area is 88.2 Å². The number of nitrogens with one attached hydrogen (secondary N) is 1. The van der Waals surface area contributed by atoms with Crippen molar-refractivity contribution in [2.45, 2.75) is 33.1 Å². The van der Waals surface area contributed by atoms with Crippen LogP contribution in [0, 0.1) is 0 Å². The van der Waals surface area contributed by atoms with Gasteiger partial charge in [-0.15, -0.1) is 0 Å². The van der Waals surface area contributed by atoms with Gasteiger partial charge in [0.05, 0.1) is 0 Å². The fourth-order valence-electron chi connectivity index (χ4n) is 1.11. The van der Waals surface area contributed by atoms with Gasteiger partial charge in [0.1, 0.15) is 0 Å². The Bertz CT molecular complexity index is 87.3. The van der Waals surface area contributed by atoms with Gasteiger partial charge in [-0.1, -0.05) is 6.92 Å². The predicted molar refractivity (Wildman–Crippen MR) is 59.7 cm³/mol. The third kappa shape index (κ3) is 11.9. The van der Waals surface area contributed by atoms with Crippen LogP contribution in [0.2, 0.25) is 0 Å². The summed E-state index contributed by atoms with van der Waals surface area (Å²) in [5.74, 6) is 0. The molecule has 0 aliphatic carbocycles. The van der Waals surface area contributed by atoms with Crippen molar-refractivity contribution in [3.63, 3.8) is 0 Å². The molecule has 0 atom stereocenters. The topological polar surface area (TPSA) is 30.5 Å². The molecular weight excluding hydrogens is 178 g/mol. The van der Waals surface area contributed by atoms with Gasteiger partial charge in [-0.3, -0.25) is 0 Å². The third-order valence-electron chi connectivity index (χ3n) is 1.84. The van der Waals surface area contributed by atoms with Gasteiger partial charge < -0.3 is 14.8 Å². The molecule has 0 aliphatic rings. The number of hydrogen-bond donors (Lipinski definition) is 1. The summed E-state index contributed by atoms with van der Waals surface area (Å²) in [6, 6.07) is 0. The molecule has 14 heavy (non-hydrogen) atoms. The zero-order valence-corrected chi connectivity index (χ0v) is 9.68. The van der Waals surface area contributed by atoms with Gasteiger partial charge in [0.25, 0.3) is 0 Å². The molecule has 0 aromatic carbocycles. The van der Waals surface area contributed by atoms with Crippen LogP contribution in [0.5, 0.6) is 0 Å². The molecule has 3 nitrogen and oxygen atoms in total. The Kier molecular flexibility index (Phi) is 12.8. The first-order valence-electron chi connectivity index (χ1n) is 5.78. The van der Waals surface area contributed by atoms with Crippen LogP contribution >= 0.6 is 0 Å². The third-order valence-corrected chi connectivity index (χ3v) is 1.84. The molecule has 0 spiro atoms. The fraction of sp³-hybridized carbons (Fsp3) is 1.00. The highest BCUT2D eigenvalue weighted by Gasteiger charge is 1.89. The summed E-state index contributed by atoms with van der Waals surface area (Å²) in [5, 5.41) is 3.36. The number of ether oxygens (including phenoxy) is 2. The Morgan fingerprint density at radius 1 is 0.857 bits per heavy atom. The van der Waals surface area contributed by atoms with Crippen LogP contribution in [0.1, 0.15) is 33.1 Å². The SMILES string of the molecule is CCCOCCCNCCCOCC. The quantitative estimate of drug-likeness (QED) is 0.520. The summed E-state index contributed by atoms with van der Waals surface area (Å²) in [6.07, 6.45) is 3.32. The van der Waals surface area contributed by atoms with Crippen molar-refractivity contribution in [3.05, 3.63) is 0 Å². The van der Waals surface area contributed by atoms with E-state index >= 15 is 0 Å². The van der Waals surface area contributed by atoms with E-state index in [0.717, 1.165) is 58.8 Å². The Morgan fingerprint density at radius 2 is 1.50 bits per heavy atom. The molecule has 0 heterocycles. The highest BCUT2D eigenvalue weighted by atomic mass is 16.5. The van der Waals surface area contributed by atoms with E-state index in [9.17, 15) is 0 Å². The van der Waals surface area contributed by atoms with Crippen LogP contribution in [0.25, 0.3) is 0 Å². The lowest BCUT2D eigenvalue weighted by atomic mass is 10.4. The van der Waals surface area contributed by atoms with E-state index in [1.165, 1.54) is 0 Å². The molecule has 86 valence electrons. The maximum atomic E-state index is 5.36. The van der Waals surface area contributed by atoms with Gasteiger partial charge in [-0.05, 0) is 39.3 Å². The molecule has 0 saturated carbocycles. The van der Waals surface area contributed by atoms with Crippen molar-refractivity contribution >= 4 is 0 Å². The van der Waals surface area contributed by atoms with Gasteiger partial charge >= 0.3 is 0 Å². The van der Waals surface area contributed by atoms with Gasteiger partial charge in [-0.2, -0.15) is 0 Å². The molecule has 1 N–H and O–H groups in total. The van der Waals surface area contributed by atoms with E-state index in [4.69, 9.17) is 9.47 Å². The number of hydrogen-bond acceptors (Lipinski definition) is 3. The Morgan fingerprint density at radius 3 is 2.07 bits per heavy atom. The highest BCUT2D eigenvalue weighted by molar-refractivity contribution is 4.47. The molecular formula is C11H25NO2. The molecule has 0 aliphatic heterocycles. The van der Waals surface area contributed by atoms with Crippen LogP contribution in [-0.4, -0.2) is 39.5 Å². The smallest absolute Gasteiger partial charge is 0.0478 e. The molecule has 0 radical (unpaired) electrons. The predicted octanol–water partition coefficient (Wildman–Crippen LogP) is 1.82. The van der Waals surface area contributed by atoms with Crippen molar-refractivity contribution in [2.75, 3.05) is 39.5 Å². The van der Waals surface area contributed by atoms with E-state index in [0.29, 0.717) is 0 Å². The van der Waals surface area contributed by atoms with Crippen molar-refractivity contribution in [1.82, 2.24) is 5.32 Å². The summed E-state index contributed by atoms with van der Waals surface area (Å²) in [6.45, 7) is 9.73. The minimum Gasteiger partial charge on any atom is -0.382 e. The second kappa shape index (κ2) is 12.9.